The summed E-state index contributed by atoms with van der Waals surface area (Å²) in [6, 6.07) is 5.57. The number of hydrogen-bond acceptors (Lipinski definition) is 5. The van der Waals surface area contributed by atoms with Crippen LogP contribution < -0.4 is 5.32 Å². The summed E-state index contributed by atoms with van der Waals surface area (Å²) in [6.07, 6.45) is -0.170. The second-order valence-corrected chi connectivity index (χ2v) is 6.03. The maximum atomic E-state index is 11.4. The molecule has 1 aliphatic heterocycles. The van der Waals surface area contributed by atoms with Gasteiger partial charge in [0, 0.05) is 19.0 Å². The SMILES string of the molecule is CCOC(=O)COC[C@H]1OCCNCC1c1ccc(Cl)c(Cl)c1. The van der Waals surface area contributed by atoms with E-state index in [1.807, 2.05) is 12.1 Å². The number of halogens is 2. The van der Waals surface area contributed by atoms with E-state index in [-0.39, 0.29) is 24.6 Å². The molecular formula is C16H21Cl2NO4. The third-order valence-electron chi connectivity index (χ3n) is 3.60. The summed E-state index contributed by atoms with van der Waals surface area (Å²) in [5, 5.41) is 4.37. The second kappa shape index (κ2) is 9.45. The smallest absolute Gasteiger partial charge is 0.332 e. The van der Waals surface area contributed by atoms with Crippen LogP contribution in [0.2, 0.25) is 10.0 Å². The third kappa shape index (κ3) is 5.62. The molecule has 5 nitrogen and oxygen atoms in total. The molecule has 1 unspecified atom stereocenters. The van der Waals surface area contributed by atoms with Crippen LogP contribution in [-0.2, 0) is 19.0 Å². The van der Waals surface area contributed by atoms with Gasteiger partial charge >= 0.3 is 5.97 Å². The Balaban J connectivity index is 2.01. The van der Waals surface area contributed by atoms with Crippen molar-refractivity contribution in [3.8, 4) is 0 Å². The summed E-state index contributed by atoms with van der Waals surface area (Å²) >= 11 is 12.1. The molecule has 2 atom stereocenters. The molecule has 0 spiro atoms. The highest BCUT2D eigenvalue weighted by Gasteiger charge is 2.27. The minimum atomic E-state index is -0.370. The van der Waals surface area contributed by atoms with Crippen LogP contribution in [0.25, 0.3) is 0 Å². The molecular weight excluding hydrogens is 341 g/mol. The Kier molecular flexibility index (Phi) is 7.59. The van der Waals surface area contributed by atoms with E-state index in [1.54, 1.807) is 13.0 Å². The first-order chi connectivity index (χ1) is 11.1. The van der Waals surface area contributed by atoms with Gasteiger partial charge in [0.1, 0.15) is 6.61 Å². The molecule has 128 valence electrons. The Morgan fingerprint density at radius 1 is 1.39 bits per heavy atom. The van der Waals surface area contributed by atoms with Crippen LogP contribution in [0, 0.1) is 0 Å². The largest absolute Gasteiger partial charge is 0.464 e. The van der Waals surface area contributed by atoms with E-state index >= 15 is 0 Å². The fraction of sp³-hybridized carbons (Fsp3) is 0.562. The Morgan fingerprint density at radius 3 is 2.96 bits per heavy atom. The van der Waals surface area contributed by atoms with Gasteiger partial charge in [0.2, 0.25) is 0 Å². The lowest BCUT2D eigenvalue weighted by Crippen LogP contribution is -2.31. The van der Waals surface area contributed by atoms with Gasteiger partial charge in [-0.25, -0.2) is 4.79 Å². The normalized spacial score (nSPS) is 21.7. The van der Waals surface area contributed by atoms with Crippen LogP contribution in [0.1, 0.15) is 18.4 Å². The number of carbonyl (C=O) groups is 1. The van der Waals surface area contributed by atoms with Gasteiger partial charge in [0.25, 0.3) is 0 Å². The topological polar surface area (TPSA) is 56.8 Å². The van der Waals surface area contributed by atoms with E-state index in [2.05, 4.69) is 5.32 Å². The van der Waals surface area contributed by atoms with Crippen molar-refractivity contribution >= 4 is 29.2 Å². The minimum Gasteiger partial charge on any atom is -0.464 e. The molecule has 0 aromatic heterocycles. The van der Waals surface area contributed by atoms with Gasteiger partial charge in [-0.15, -0.1) is 0 Å². The maximum Gasteiger partial charge on any atom is 0.332 e. The van der Waals surface area contributed by atoms with Gasteiger partial charge in [-0.05, 0) is 24.6 Å². The van der Waals surface area contributed by atoms with Crippen molar-refractivity contribution in [1.82, 2.24) is 5.32 Å². The first-order valence-electron chi connectivity index (χ1n) is 7.62. The highest BCUT2D eigenvalue weighted by Crippen LogP contribution is 2.29. The number of ether oxygens (including phenoxy) is 3. The number of rotatable bonds is 6. The Hall–Kier alpha value is -0.850. The minimum absolute atomic E-state index is 0.0643. The van der Waals surface area contributed by atoms with Crippen LogP contribution in [0.15, 0.2) is 18.2 Å². The highest BCUT2D eigenvalue weighted by atomic mass is 35.5. The maximum absolute atomic E-state index is 11.4. The lowest BCUT2D eigenvalue weighted by atomic mass is 9.93. The molecule has 0 aliphatic carbocycles. The van der Waals surface area contributed by atoms with E-state index in [0.717, 1.165) is 18.7 Å². The quantitative estimate of drug-likeness (QED) is 0.789. The van der Waals surface area contributed by atoms with Crippen molar-refractivity contribution in [2.75, 3.05) is 39.5 Å². The van der Waals surface area contributed by atoms with Crippen molar-refractivity contribution in [1.29, 1.82) is 0 Å². The van der Waals surface area contributed by atoms with E-state index in [9.17, 15) is 4.79 Å². The van der Waals surface area contributed by atoms with Gasteiger partial charge in [-0.3, -0.25) is 0 Å². The Morgan fingerprint density at radius 2 is 2.22 bits per heavy atom. The monoisotopic (exact) mass is 361 g/mol. The van der Waals surface area contributed by atoms with Crippen LogP contribution in [0.5, 0.6) is 0 Å². The van der Waals surface area contributed by atoms with Crippen molar-refractivity contribution < 1.29 is 19.0 Å². The number of esters is 1. The molecule has 1 aliphatic rings. The molecule has 23 heavy (non-hydrogen) atoms. The summed E-state index contributed by atoms with van der Waals surface area (Å²) in [6.45, 7) is 4.44. The van der Waals surface area contributed by atoms with E-state index in [0.29, 0.717) is 29.9 Å². The summed E-state index contributed by atoms with van der Waals surface area (Å²) < 4.78 is 16.2. The standard InChI is InChI=1S/C16H21Cl2NO4/c1-2-22-16(20)10-21-9-15-12(8-19-5-6-23-15)11-3-4-13(17)14(18)7-11/h3-4,7,12,15,19H,2,5-6,8-10H2,1H3/t12?,15-/m1/s1. The van der Waals surface area contributed by atoms with E-state index < -0.39 is 0 Å². The molecule has 1 saturated heterocycles. The zero-order valence-corrected chi connectivity index (χ0v) is 14.5. The zero-order chi connectivity index (χ0) is 16.7. The average Bonchev–Trinajstić information content (AvgIpc) is 2.76. The molecule has 2 rings (SSSR count). The van der Waals surface area contributed by atoms with Crippen molar-refractivity contribution in [2.24, 2.45) is 0 Å². The zero-order valence-electron chi connectivity index (χ0n) is 13.0. The Labute approximate surface area is 146 Å². The van der Waals surface area contributed by atoms with Gasteiger partial charge in [-0.2, -0.15) is 0 Å². The highest BCUT2D eigenvalue weighted by molar-refractivity contribution is 6.42. The van der Waals surface area contributed by atoms with Crippen molar-refractivity contribution in [2.45, 2.75) is 18.9 Å². The number of nitrogens with one attached hydrogen (secondary N) is 1. The molecule has 1 N–H and O–H groups in total. The summed E-state index contributed by atoms with van der Waals surface area (Å²) in [4.78, 5) is 11.4. The molecule has 0 amide bonds. The number of carbonyl (C=O) groups excluding carboxylic acids is 1. The fourth-order valence-corrected chi connectivity index (χ4v) is 2.80. The van der Waals surface area contributed by atoms with E-state index in [4.69, 9.17) is 37.4 Å². The fourth-order valence-electron chi connectivity index (χ4n) is 2.49. The summed E-state index contributed by atoms with van der Waals surface area (Å²) in [5.74, 6) is -0.306. The first kappa shape index (κ1) is 18.5. The van der Waals surface area contributed by atoms with Gasteiger partial charge in [-0.1, -0.05) is 29.3 Å². The van der Waals surface area contributed by atoms with Crippen LogP contribution in [0.3, 0.4) is 0 Å². The first-order valence-corrected chi connectivity index (χ1v) is 8.38. The molecule has 1 aromatic rings. The lowest BCUT2D eigenvalue weighted by molar-refractivity contribution is -0.150. The Bertz CT molecular complexity index is 527. The van der Waals surface area contributed by atoms with Gasteiger partial charge < -0.3 is 19.5 Å². The van der Waals surface area contributed by atoms with Crippen LogP contribution in [0.4, 0.5) is 0 Å². The van der Waals surface area contributed by atoms with Crippen LogP contribution in [-0.4, -0.2) is 51.6 Å². The van der Waals surface area contributed by atoms with Crippen LogP contribution >= 0.6 is 23.2 Å². The number of benzene rings is 1. The third-order valence-corrected chi connectivity index (χ3v) is 4.34. The molecule has 1 aromatic carbocycles. The molecule has 7 heteroatoms. The molecule has 0 saturated carbocycles. The molecule has 1 heterocycles. The van der Waals surface area contributed by atoms with E-state index in [1.165, 1.54) is 0 Å². The molecule has 1 fully saturated rings. The second-order valence-electron chi connectivity index (χ2n) is 5.21. The van der Waals surface area contributed by atoms with Crippen molar-refractivity contribution in [3.05, 3.63) is 33.8 Å². The average molecular weight is 362 g/mol. The summed E-state index contributed by atoms with van der Waals surface area (Å²) in [5.41, 5.74) is 1.03. The lowest BCUT2D eigenvalue weighted by Gasteiger charge is -2.25. The summed E-state index contributed by atoms with van der Waals surface area (Å²) in [7, 11) is 0. The van der Waals surface area contributed by atoms with Gasteiger partial charge in [0.05, 0.1) is 36.0 Å². The van der Waals surface area contributed by atoms with Crippen molar-refractivity contribution in [3.63, 3.8) is 0 Å². The molecule has 0 radical (unpaired) electrons. The molecule has 0 bridgehead atoms. The number of hydrogen-bond donors (Lipinski definition) is 1. The predicted octanol–water partition coefficient (Wildman–Crippen LogP) is 2.65. The predicted molar refractivity (Wildman–Crippen MR) is 89.3 cm³/mol. The van der Waals surface area contributed by atoms with Gasteiger partial charge in [0.15, 0.2) is 0 Å².